The summed E-state index contributed by atoms with van der Waals surface area (Å²) in [6.45, 7) is 7.45. The van der Waals surface area contributed by atoms with E-state index < -0.39 is 70.8 Å². The average Bonchev–Trinajstić information content (AvgIpc) is 3.02. The van der Waals surface area contributed by atoms with Crippen LogP contribution in [0.4, 0.5) is 14.4 Å². The Morgan fingerprint density at radius 2 is 1.42 bits per heavy atom. The number of carbonyl (C=O) groups is 8. The fraction of sp³-hybridized carbons (Fsp3) is 0.724. The Balaban J connectivity index is 5.76. The number of rotatable bonds is 16. The third kappa shape index (κ3) is 14.3. The monoisotopic (exact) mass is 720 g/mol. The molecule has 0 heterocycles. The van der Waals surface area contributed by atoms with Gasteiger partial charge in [0.25, 0.3) is 11.8 Å². The average molecular weight is 721 g/mol. The molecule has 1 unspecified atom stereocenters. The maximum absolute atomic E-state index is 13.7. The van der Waals surface area contributed by atoms with Crippen LogP contribution in [0.5, 0.6) is 0 Å². The van der Waals surface area contributed by atoms with Crippen molar-refractivity contribution in [2.75, 3.05) is 46.7 Å². The fourth-order valence-electron chi connectivity index (χ4n) is 4.06. The molecule has 0 rings (SSSR count). The molecule has 0 aliphatic heterocycles. The van der Waals surface area contributed by atoms with E-state index in [-0.39, 0.29) is 18.7 Å². The first-order chi connectivity index (χ1) is 22.1. The van der Waals surface area contributed by atoms with Crippen LogP contribution >= 0.6 is 24.4 Å². The second-order valence-corrected chi connectivity index (χ2v) is 13.4. The van der Waals surface area contributed by atoms with Gasteiger partial charge in [0.2, 0.25) is 17.7 Å². The number of aliphatic hydroxyl groups is 1. The first-order valence-corrected chi connectivity index (χ1v) is 17.0. The standard InChI is InChI=1S/C29H52N8O9S2/c1-11-13-20(38)36(9)25(48-15-12-14-47)24(42)35(8)19(16-29(4,5)46)22(40)32-27(44)37(10)28(45)33-26(43)31-17(2)23(41)34(7)18(3)21(39)30-6/h17-19,25,46-47H,11-16H2,1-10H3,(H,30,39)(H,32,40,44)(H2,31,33,43,45)/t17?,18-,19+,25-/m1/s1. The third-order valence-corrected chi connectivity index (χ3v) is 8.82. The molecule has 0 bridgehead atoms. The van der Waals surface area contributed by atoms with E-state index in [0.717, 1.165) is 16.8 Å². The predicted octanol–water partition coefficient (Wildman–Crippen LogP) is 0.181. The van der Waals surface area contributed by atoms with E-state index in [4.69, 9.17) is 0 Å². The highest BCUT2D eigenvalue weighted by Crippen LogP contribution is 2.23. The van der Waals surface area contributed by atoms with Gasteiger partial charge < -0.3 is 30.4 Å². The Morgan fingerprint density at radius 3 is 1.92 bits per heavy atom. The number of carbonyl (C=O) groups excluding carboxylic acids is 8. The van der Waals surface area contributed by atoms with Crippen molar-refractivity contribution in [2.45, 2.75) is 89.4 Å². The Bertz CT molecular complexity index is 1180. The lowest BCUT2D eigenvalue weighted by atomic mass is 9.97. The van der Waals surface area contributed by atoms with E-state index in [9.17, 15) is 43.5 Å². The van der Waals surface area contributed by atoms with Gasteiger partial charge in [0.05, 0.1) is 5.60 Å². The molecule has 48 heavy (non-hydrogen) atoms. The van der Waals surface area contributed by atoms with Crippen LogP contribution in [0.2, 0.25) is 0 Å². The molecule has 0 radical (unpaired) electrons. The second kappa shape index (κ2) is 20.7. The van der Waals surface area contributed by atoms with Gasteiger partial charge in [-0.2, -0.15) is 12.6 Å². The molecule has 5 N–H and O–H groups in total. The van der Waals surface area contributed by atoms with Crippen LogP contribution < -0.4 is 21.3 Å². The van der Waals surface area contributed by atoms with Crippen LogP contribution in [-0.4, -0.2) is 148 Å². The van der Waals surface area contributed by atoms with Crippen molar-refractivity contribution in [2.24, 2.45) is 0 Å². The molecule has 0 aromatic heterocycles. The molecule has 11 amide bonds. The van der Waals surface area contributed by atoms with E-state index >= 15 is 0 Å². The molecule has 17 nitrogen and oxygen atoms in total. The minimum atomic E-state index is -1.49. The number of urea groups is 3. The molecule has 0 saturated heterocycles. The highest BCUT2D eigenvalue weighted by molar-refractivity contribution is 8.00. The molecule has 0 aromatic carbocycles. The molecule has 0 aliphatic rings. The highest BCUT2D eigenvalue weighted by Gasteiger charge is 2.38. The molecular weight excluding hydrogens is 668 g/mol. The first kappa shape index (κ1) is 44.4. The SMILES string of the molecule is CCCC(=O)N(C)[C@H](SCCCS)C(=O)N(C)[C@@H](CC(C)(C)O)C(=O)NC(=O)N(C)C(=O)NC(=O)NC(C)C(=O)N(C)[C@H](C)C(=O)NC. The summed E-state index contributed by atoms with van der Waals surface area (Å²) in [5.74, 6) is -1.95. The van der Waals surface area contributed by atoms with Gasteiger partial charge in [-0.15, -0.1) is 11.8 Å². The van der Waals surface area contributed by atoms with Crippen molar-refractivity contribution in [3.05, 3.63) is 0 Å². The topological polar surface area (TPSA) is 218 Å². The minimum absolute atomic E-state index is 0.203. The quantitative estimate of drug-likeness (QED) is 0.0722. The summed E-state index contributed by atoms with van der Waals surface area (Å²) in [4.78, 5) is 106. The van der Waals surface area contributed by atoms with Gasteiger partial charge in [-0.3, -0.25) is 34.6 Å². The Hall–Kier alpha value is -3.58. The molecule has 19 heteroatoms. The number of amides is 11. The number of likely N-dealkylation sites (N-methyl/N-ethyl adjacent to an activating group) is 4. The van der Waals surface area contributed by atoms with Crippen molar-refractivity contribution >= 4 is 72.0 Å². The summed E-state index contributed by atoms with van der Waals surface area (Å²) in [6.07, 6.45) is 1.10. The van der Waals surface area contributed by atoms with Gasteiger partial charge in [-0.1, -0.05) is 6.92 Å². The van der Waals surface area contributed by atoms with Gasteiger partial charge in [0.15, 0.2) is 5.37 Å². The molecule has 0 spiro atoms. The maximum atomic E-state index is 13.7. The van der Waals surface area contributed by atoms with Crippen LogP contribution in [0, 0.1) is 0 Å². The molecule has 0 saturated carbocycles. The van der Waals surface area contributed by atoms with Gasteiger partial charge >= 0.3 is 18.1 Å². The fourth-order valence-corrected chi connectivity index (χ4v) is 5.61. The summed E-state index contributed by atoms with van der Waals surface area (Å²) < 4.78 is 0. The van der Waals surface area contributed by atoms with Gasteiger partial charge in [-0.05, 0) is 52.0 Å². The van der Waals surface area contributed by atoms with E-state index in [2.05, 4.69) is 23.3 Å². The summed E-state index contributed by atoms with van der Waals surface area (Å²) in [6, 6.07) is -7.07. The summed E-state index contributed by atoms with van der Waals surface area (Å²) in [5.41, 5.74) is -1.49. The number of hydrogen-bond donors (Lipinski definition) is 6. The van der Waals surface area contributed by atoms with Crippen LogP contribution in [0.25, 0.3) is 0 Å². The van der Waals surface area contributed by atoms with Crippen LogP contribution in [-0.2, 0) is 24.0 Å². The first-order valence-electron chi connectivity index (χ1n) is 15.3. The molecule has 0 fully saturated rings. The van der Waals surface area contributed by atoms with Gasteiger partial charge in [0, 0.05) is 48.1 Å². The van der Waals surface area contributed by atoms with Crippen LogP contribution in [0.1, 0.15) is 60.3 Å². The third-order valence-electron chi connectivity index (χ3n) is 7.14. The van der Waals surface area contributed by atoms with Gasteiger partial charge in [0.1, 0.15) is 18.1 Å². The number of nitrogens with zero attached hydrogens (tertiary/aromatic N) is 4. The lowest BCUT2D eigenvalue weighted by Crippen LogP contribution is -2.58. The minimum Gasteiger partial charge on any atom is -0.390 e. The van der Waals surface area contributed by atoms with E-state index in [0.29, 0.717) is 29.2 Å². The second-order valence-electron chi connectivity index (χ2n) is 11.8. The van der Waals surface area contributed by atoms with Crippen molar-refractivity contribution in [3.8, 4) is 0 Å². The highest BCUT2D eigenvalue weighted by atomic mass is 32.2. The summed E-state index contributed by atoms with van der Waals surface area (Å²) in [7, 11) is 6.54. The Morgan fingerprint density at radius 1 is 0.854 bits per heavy atom. The van der Waals surface area contributed by atoms with E-state index in [1.165, 1.54) is 72.5 Å². The lowest BCUT2D eigenvalue weighted by molar-refractivity contribution is -0.145. The van der Waals surface area contributed by atoms with Gasteiger partial charge in [-0.25, -0.2) is 19.3 Å². The number of nitrogens with one attached hydrogen (secondary N) is 4. The summed E-state index contributed by atoms with van der Waals surface area (Å²) >= 11 is 5.38. The molecule has 0 aliphatic carbocycles. The summed E-state index contributed by atoms with van der Waals surface area (Å²) in [5, 5.41) is 18.1. The van der Waals surface area contributed by atoms with Crippen molar-refractivity contribution < 1.29 is 43.5 Å². The zero-order chi connectivity index (χ0) is 37.5. The van der Waals surface area contributed by atoms with E-state index in [1.807, 2.05) is 17.6 Å². The van der Waals surface area contributed by atoms with Crippen molar-refractivity contribution in [3.63, 3.8) is 0 Å². The molecule has 4 atom stereocenters. The lowest BCUT2D eigenvalue weighted by Gasteiger charge is -2.36. The zero-order valence-electron chi connectivity index (χ0n) is 29.4. The Kier molecular flexibility index (Phi) is 19.2. The molecule has 274 valence electrons. The smallest absolute Gasteiger partial charge is 0.333 e. The van der Waals surface area contributed by atoms with Crippen LogP contribution in [0.15, 0.2) is 0 Å². The van der Waals surface area contributed by atoms with E-state index in [1.54, 1.807) is 0 Å². The molecular formula is C29H52N8O9S2. The predicted molar refractivity (Wildman–Crippen MR) is 184 cm³/mol. The number of thiol groups is 1. The van der Waals surface area contributed by atoms with Crippen LogP contribution in [0.3, 0.4) is 0 Å². The van der Waals surface area contributed by atoms with Crippen molar-refractivity contribution in [1.29, 1.82) is 0 Å². The normalized spacial score (nSPS) is 13.5. The van der Waals surface area contributed by atoms with Crippen molar-refractivity contribution in [1.82, 2.24) is 40.9 Å². The largest absolute Gasteiger partial charge is 0.390 e. The molecule has 0 aromatic rings. The maximum Gasteiger partial charge on any atom is 0.333 e. The number of imide groups is 3. The number of thioether (sulfide) groups is 1. The zero-order valence-corrected chi connectivity index (χ0v) is 31.1. The number of hydrogen-bond acceptors (Lipinski definition) is 11. The Labute approximate surface area is 292 Å².